The van der Waals surface area contributed by atoms with Crippen molar-refractivity contribution < 1.29 is 0 Å². The SMILES string of the molecule is CC[C@@H](N)c1cncn1Cc1ccc(C)nc1. The lowest BCUT2D eigenvalue weighted by Crippen LogP contribution is -2.14. The van der Waals surface area contributed by atoms with Crippen molar-refractivity contribution in [3.8, 4) is 0 Å². The lowest BCUT2D eigenvalue weighted by atomic mass is 10.2. The molecule has 4 heteroatoms. The molecule has 17 heavy (non-hydrogen) atoms. The fourth-order valence-electron chi connectivity index (χ4n) is 1.77. The highest BCUT2D eigenvalue weighted by Gasteiger charge is 2.09. The van der Waals surface area contributed by atoms with Gasteiger partial charge in [-0.1, -0.05) is 13.0 Å². The molecule has 0 spiro atoms. The Morgan fingerprint density at radius 1 is 1.35 bits per heavy atom. The van der Waals surface area contributed by atoms with E-state index < -0.39 is 0 Å². The summed E-state index contributed by atoms with van der Waals surface area (Å²) in [4.78, 5) is 8.46. The number of hydrogen-bond donors (Lipinski definition) is 1. The van der Waals surface area contributed by atoms with E-state index in [1.807, 2.05) is 31.7 Å². The van der Waals surface area contributed by atoms with Gasteiger partial charge in [0.2, 0.25) is 0 Å². The molecule has 0 radical (unpaired) electrons. The first kappa shape index (κ1) is 11.8. The number of imidazole rings is 1. The maximum atomic E-state index is 6.04. The minimum Gasteiger partial charge on any atom is -0.329 e. The van der Waals surface area contributed by atoms with Crippen LogP contribution in [0.2, 0.25) is 0 Å². The van der Waals surface area contributed by atoms with E-state index in [0.717, 1.165) is 29.9 Å². The van der Waals surface area contributed by atoms with Crippen LogP contribution in [0.5, 0.6) is 0 Å². The zero-order chi connectivity index (χ0) is 12.3. The van der Waals surface area contributed by atoms with Crippen LogP contribution in [0.3, 0.4) is 0 Å². The summed E-state index contributed by atoms with van der Waals surface area (Å²) >= 11 is 0. The number of pyridine rings is 1. The van der Waals surface area contributed by atoms with Crippen LogP contribution in [-0.4, -0.2) is 14.5 Å². The average molecular weight is 230 g/mol. The van der Waals surface area contributed by atoms with Crippen molar-refractivity contribution in [2.24, 2.45) is 5.73 Å². The third-order valence-electron chi connectivity index (χ3n) is 2.89. The molecule has 0 aliphatic heterocycles. The molecule has 1 atom stereocenters. The first-order valence-electron chi connectivity index (χ1n) is 5.88. The van der Waals surface area contributed by atoms with E-state index in [1.165, 1.54) is 0 Å². The molecule has 0 amide bonds. The van der Waals surface area contributed by atoms with Crippen molar-refractivity contribution in [1.29, 1.82) is 0 Å². The second kappa shape index (κ2) is 5.10. The van der Waals surface area contributed by atoms with Crippen LogP contribution in [0.1, 0.15) is 36.3 Å². The Labute approximate surface area is 102 Å². The van der Waals surface area contributed by atoms with Gasteiger partial charge >= 0.3 is 0 Å². The summed E-state index contributed by atoms with van der Waals surface area (Å²) in [6.07, 6.45) is 6.48. The molecule has 90 valence electrons. The lowest BCUT2D eigenvalue weighted by molar-refractivity contribution is 0.618. The van der Waals surface area contributed by atoms with E-state index in [2.05, 4.69) is 27.5 Å². The molecule has 2 N–H and O–H groups in total. The first-order valence-corrected chi connectivity index (χ1v) is 5.88. The molecule has 2 aromatic rings. The summed E-state index contributed by atoms with van der Waals surface area (Å²) in [7, 11) is 0. The molecular weight excluding hydrogens is 212 g/mol. The fraction of sp³-hybridized carbons (Fsp3) is 0.385. The van der Waals surface area contributed by atoms with E-state index >= 15 is 0 Å². The van der Waals surface area contributed by atoms with E-state index in [0.29, 0.717) is 0 Å². The number of aryl methyl sites for hydroxylation is 1. The van der Waals surface area contributed by atoms with Crippen LogP contribution in [0.15, 0.2) is 30.9 Å². The Morgan fingerprint density at radius 2 is 2.18 bits per heavy atom. The van der Waals surface area contributed by atoms with Gasteiger partial charge in [-0.2, -0.15) is 0 Å². The topological polar surface area (TPSA) is 56.7 Å². The third kappa shape index (κ3) is 2.71. The van der Waals surface area contributed by atoms with Crippen LogP contribution >= 0.6 is 0 Å². The molecule has 0 saturated heterocycles. The lowest BCUT2D eigenvalue weighted by Gasteiger charge is -2.12. The molecular formula is C13H18N4. The highest BCUT2D eigenvalue weighted by atomic mass is 15.1. The molecule has 0 unspecified atom stereocenters. The number of nitrogens with zero attached hydrogens (tertiary/aromatic N) is 3. The van der Waals surface area contributed by atoms with Crippen molar-refractivity contribution in [3.05, 3.63) is 47.8 Å². The summed E-state index contributed by atoms with van der Waals surface area (Å²) in [6.45, 7) is 4.84. The van der Waals surface area contributed by atoms with Gasteiger partial charge in [-0.15, -0.1) is 0 Å². The van der Waals surface area contributed by atoms with E-state index in [4.69, 9.17) is 5.73 Å². The summed E-state index contributed by atoms with van der Waals surface area (Å²) in [5.41, 5.74) is 9.31. The second-order valence-corrected chi connectivity index (χ2v) is 4.27. The molecule has 2 aromatic heterocycles. The van der Waals surface area contributed by atoms with Crippen molar-refractivity contribution in [1.82, 2.24) is 14.5 Å². The minimum atomic E-state index is 0.0518. The Morgan fingerprint density at radius 3 is 2.82 bits per heavy atom. The predicted octanol–water partition coefficient (Wildman–Crippen LogP) is 2.04. The summed E-state index contributed by atoms with van der Waals surface area (Å²) in [5.74, 6) is 0. The van der Waals surface area contributed by atoms with Gasteiger partial charge in [0.05, 0.1) is 18.6 Å². The zero-order valence-electron chi connectivity index (χ0n) is 10.3. The van der Waals surface area contributed by atoms with Gasteiger partial charge in [-0.3, -0.25) is 4.98 Å². The molecule has 0 aliphatic rings. The van der Waals surface area contributed by atoms with Gasteiger partial charge in [-0.25, -0.2) is 4.98 Å². The van der Waals surface area contributed by atoms with E-state index in [1.54, 1.807) is 0 Å². The molecule has 0 aromatic carbocycles. The van der Waals surface area contributed by atoms with Gasteiger partial charge in [0.1, 0.15) is 0 Å². The third-order valence-corrected chi connectivity index (χ3v) is 2.89. The predicted molar refractivity (Wildman–Crippen MR) is 67.5 cm³/mol. The second-order valence-electron chi connectivity index (χ2n) is 4.27. The largest absolute Gasteiger partial charge is 0.329 e. The minimum absolute atomic E-state index is 0.0518. The van der Waals surface area contributed by atoms with Crippen LogP contribution in [0, 0.1) is 6.92 Å². The van der Waals surface area contributed by atoms with Crippen molar-refractivity contribution in [3.63, 3.8) is 0 Å². The van der Waals surface area contributed by atoms with Crippen LogP contribution in [0.25, 0.3) is 0 Å². The standard InChI is InChI=1S/C13H18N4/c1-3-12(14)13-7-15-9-17(13)8-11-5-4-10(2)16-6-11/h4-7,9,12H,3,8,14H2,1-2H3/t12-/m1/s1. The van der Waals surface area contributed by atoms with Gasteiger partial charge in [-0.05, 0) is 25.0 Å². The Balaban J connectivity index is 2.18. The quantitative estimate of drug-likeness (QED) is 0.874. The molecule has 0 aliphatic carbocycles. The monoisotopic (exact) mass is 230 g/mol. The van der Waals surface area contributed by atoms with Gasteiger partial charge < -0.3 is 10.3 Å². The normalized spacial score (nSPS) is 12.6. The maximum Gasteiger partial charge on any atom is 0.0951 e. The molecule has 2 heterocycles. The zero-order valence-corrected chi connectivity index (χ0v) is 10.3. The smallest absolute Gasteiger partial charge is 0.0951 e. The molecule has 0 bridgehead atoms. The van der Waals surface area contributed by atoms with E-state index in [9.17, 15) is 0 Å². The molecule has 0 saturated carbocycles. The van der Waals surface area contributed by atoms with Gasteiger partial charge in [0.25, 0.3) is 0 Å². The highest BCUT2D eigenvalue weighted by molar-refractivity contribution is 5.15. The summed E-state index contributed by atoms with van der Waals surface area (Å²) in [6, 6.07) is 4.16. The van der Waals surface area contributed by atoms with Crippen LogP contribution in [-0.2, 0) is 6.54 Å². The molecule has 0 fully saturated rings. The Bertz CT molecular complexity index is 472. The summed E-state index contributed by atoms with van der Waals surface area (Å²) < 4.78 is 2.08. The van der Waals surface area contributed by atoms with Crippen molar-refractivity contribution in [2.45, 2.75) is 32.9 Å². The fourth-order valence-corrected chi connectivity index (χ4v) is 1.77. The van der Waals surface area contributed by atoms with Crippen molar-refractivity contribution in [2.75, 3.05) is 0 Å². The Kier molecular flexibility index (Phi) is 3.54. The highest BCUT2D eigenvalue weighted by Crippen LogP contribution is 2.14. The molecule has 4 nitrogen and oxygen atoms in total. The number of rotatable bonds is 4. The van der Waals surface area contributed by atoms with Gasteiger partial charge in [0.15, 0.2) is 0 Å². The average Bonchev–Trinajstić information content (AvgIpc) is 2.79. The van der Waals surface area contributed by atoms with Crippen LogP contribution in [0.4, 0.5) is 0 Å². The van der Waals surface area contributed by atoms with Crippen molar-refractivity contribution >= 4 is 0 Å². The summed E-state index contributed by atoms with van der Waals surface area (Å²) in [5, 5.41) is 0. The Hall–Kier alpha value is -1.68. The number of nitrogens with two attached hydrogens (primary N) is 1. The van der Waals surface area contributed by atoms with Crippen LogP contribution < -0.4 is 5.73 Å². The number of aromatic nitrogens is 3. The maximum absolute atomic E-state index is 6.04. The molecule has 2 rings (SSSR count). The number of hydrogen-bond acceptors (Lipinski definition) is 3. The van der Waals surface area contributed by atoms with Gasteiger partial charge in [0, 0.05) is 24.1 Å². The first-order chi connectivity index (χ1) is 8.20. The van der Waals surface area contributed by atoms with E-state index in [-0.39, 0.29) is 6.04 Å².